The molecule has 0 saturated carbocycles. The number of hydrogen-bond donors (Lipinski definition) is 1. The van der Waals surface area contributed by atoms with Gasteiger partial charge in [0.15, 0.2) is 5.78 Å². The van der Waals surface area contributed by atoms with Gasteiger partial charge in [-0.1, -0.05) is 13.8 Å². The Hall–Kier alpha value is -1.81. The van der Waals surface area contributed by atoms with E-state index in [1.165, 1.54) is 0 Å². The molecular formula is C17H23N3O. The first-order chi connectivity index (χ1) is 10.2. The minimum atomic E-state index is 0.120. The number of ketones is 1. The van der Waals surface area contributed by atoms with Crippen LogP contribution in [0.5, 0.6) is 0 Å². The van der Waals surface area contributed by atoms with Crippen molar-refractivity contribution >= 4 is 16.7 Å². The van der Waals surface area contributed by atoms with Crippen molar-refractivity contribution in [2.45, 2.75) is 33.6 Å². The number of nitrogens with one attached hydrogen (secondary N) is 1. The van der Waals surface area contributed by atoms with E-state index in [1.54, 1.807) is 6.20 Å². The fourth-order valence-corrected chi connectivity index (χ4v) is 2.55. The molecule has 0 aliphatic carbocycles. The average molecular weight is 285 g/mol. The van der Waals surface area contributed by atoms with Gasteiger partial charge in [-0.25, -0.2) is 4.98 Å². The first-order valence-electron chi connectivity index (χ1n) is 7.72. The second-order valence-electron chi connectivity index (χ2n) is 5.10. The van der Waals surface area contributed by atoms with Gasteiger partial charge in [-0.05, 0) is 51.1 Å². The highest BCUT2D eigenvalue weighted by Gasteiger charge is 2.23. The highest BCUT2D eigenvalue weighted by molar-refractivity contribution is 5.98. The summed E-state index contributed by atoms with van der Waals surface area (Å²) in [6.45, 7) is 7.78. The molecule has 4 heteroatoms. The van der Waals surface area contributed by atoms with E-state index in [1.807, 2.05) is 39.0 Å². The van der Waals surface area contributed by atoms with Crippen LogP contribution in [0.15, 0.2) is 24.4 Å². The normalized spacial score (nSPS) is 15.4. The van der Waals surface area contributed by atoms with Crippen LogP contribution >= 0.6 is 0 Å². The molecule has 3 rings (SSSR count). The molecule has 1 N–H and O–H groups in total. The van der Waals surface area contributed by atoms with Gasteiger partial charge in [-0.15, -0.1) is 0 Å². The largest absolute Gasteiger partial charge is 0.317 e. The lowest BCUT2D eigenvalue weighted by molar-refractivity contribution is 0.0890. The van der Waals surface area contributed by atoms with E-state index in [-0.39, 0.29) is 11.7 Å². The van der Waals surface area contributed by atoms with Crippen molar-refractivity contribution in [3.05, 3.63) is 35.8 Å². The number of Topliss-reactive ketones (excluding diaryl/α,β-unsaturated/α-hetero) is 1. The summed E-state index contributed by atoms with van der Waals surface area (Å²) in [7, 11) is 0. The zero-order chi connectivity index (χ0) is 15.2. The molecule has 4 nitrogen and oxygen atoms in total. The summed E-state index contributed by atoms with van der Waals surface area (Å²) < 4.78 is 0. The number of rotatable bonds is 2. The van der Waals surface area contributed by atoms with Gasteiger partial charge in [-0.2, -0.15) is 0 Å². The van der Waals surface area contributed by atoms with Crippen LogP contribution in [0, 0.1) is 12.8 Å². The van der Waals surface area contributed by atoms with Crippen molar-refractivity contribution in [3.63, 3.8) is 0 Å². The molecule has 21 heavy (non-hydrogen) atoms. The van der Waals surface area contributed by atoms with Gasteiger partial charge in [0.2, 0.25) is 0 Å². The van der Waals surface area contributed by atoms with Crippen molar-refractivity contribution in [3.8, 4) is 0 Å². The third-order valence-corrected chi connectivity index (χ3v) is 3.67. The van der Waals surface area contributed by atoms with Crippen LogP contribution in [0.25, 0.3) is 10.9 Å². The van der Waals surface area contributed by atoms with E-state index in [9.17, 15) is 4.79 Å². The van der Waals surface area contributed by atoms with E-state index in [0.717, 1.165) is 42.5 Å². The summed E-state index contributed by atoms with van der Waals surface area (Å²) in [5.74, 6) is 0.298. The van der Waals surface area contributed by atoms with Crippen LogP contribution in [-0.2, 0) is 0 Å². The molecule has 2 aromatic heterocycles. The van der Waals surface area contributed by atoms with Crippen molar-refractivity contribution < 1.29 is 4.79 Å². The van der Waals surface area contributed by atoms with Gasteiger partial charge >= 0.3 is 0 Å². The SMILES string of the molecule is CC.Cc1cc2nc(C(=O)C3CCNCC3)ccc2cn1. The molecule has 112 valence electrons. The molecule has 3 heterocycles. The summed E-state index contributed by atoms with van der Waals surface area (Å²) in [4.78, 5) is 21.2. The first kappa shape index (κ1) is 15.6. The number of pyridine rings is 2. The zero-order valence-electron chi connectivity index (χ0n) is 13.0. The zero-order valence-corrected chi connectivity index (χ0v) is 13.0. The van der Waals surface area contributed by atoms with Gasteiger partial charge in [-0.3, -0.25) is 9.78 Å². The van der Waals surface area contributed by atoms with Gasteiger partial charge in [0, 0.05) is 23.2 Å². The standard InChI is InChI=1S/C15H17N3O.C2H6/c1-10-8-14-12(9-17-10)2-3-13(18-14)15(19)11-4-6-16-7-5-11;1-2/h2-3,8-9,11,16H,4-7H2,1H3;1-2H3. The lowest BCUT2D eigenvalue weighted by Gasteiger charge is -2.21. The minimum Gasteiger partial charge on any atom is -0.317 e. The van der Waals surface area contributed by atoms with Crippen molar-refractivity contribution in [2.24, 2.45) is 5.92 Å². The van der Waals surface area contributed by atoms with Crippen molar-refractivity contribution in [1.29, 1.82) is 0 Å². The molecule has 1 aliphatic rings. The third-order valence-electron chi connectivity index (χ3n) is 3.67. The molecule has 1 aliphatic heterocycles. The van der Waals surface area contributed by atoms with E-state index >= 15 is 0 Å². The Kier molecular flexibility index (Phi) is 5.39. The molecule has 0 spiro atoms. The van der Waals surface area contributed by atoms with Gasteiger partial charge < -0.3 is 5.32 Å². The van der Waals surface area contributed by atoms with Crippen LogP contribution in [0.4, 0.5) is 0 Å². The number of aromatic nitrogens is 2. The highest BCUT2D eigenvalue weighted by Crippen LogP contribution is 2.19. The quantitative estimate of drug-likeness (QED) is 0.861. The summed E-state index contributed by atoms with van der Waals surface area (Å²) in [6.07, 6.45) is 3.62. The molecule has 0 aromatic carbocycles. The molecule has 0 atom stereocenters. The predicted molar refractivity (Wildman–Crippen MR) is 85.5 cm³/mol. The second kappa shape index (κ2) is 7.27. The average Bonchev–Trinajstić information content (AvgIpc) is 2.56. The number of nitrogens with zero attached hydrogens (tertiary/aromatic N) is 2. The fraction of sp³-hybridized carbons (Fsp3) is 0.471. The van der Waals surface area contributed by atoms with Crippen LogP contribution < -0.4 is 5.32 Å². The van der Waals surface area contributed by atoms with E-state index < -0.39 is 0 Å². The van der Waals surface area contributed by atoms with Crippen molar-refractivity contribution in [1.82, 2.24) is 15.3 Å². The number of carbonyl (C=O) groups excluding carboxylic acids is 1. The Morgan fingerprint density at radius 3 is 2.67 bits per heavy atom. The summed E-state index contributed by atoms with van der Waals surface area (Å²) in [6, 6.07) is 5.68. The Labute approximate surface area is 126 Å². The molecule has 1 saturated heterocycles. The Morgan fingerprint density at radius 2 is 1.95 bits per heavy atom. The predicted octanol–water partition coefficient (Wildman–Crippen LogP) is 3.15. The summed E-state index contributed by atoms with van der Waals surface area (Å²) in [5, 5.41) is 4.26. The maximum atomic E-state index is 12.4. The Morgan fingerprint density at radius 1 is 1.24 bits per heavy atom. The van der Waals surface area contributed by atoms with Gasteiger partial charge in [0.25, 0.3) is 0 Å². The lowest BCUT2D eigenvalue weighted by atomic mass is 9.91. The third kappa shape index (κ3) is 3.64. The van der Waals surface area contributed by atoms with Crippen LogP contribution in [-0.4, -0.2) is 28.8 Å². The smallest absolute Gasteiger partial charge is 0.184 e. The van der Waals surface area contributed by atoms with E-state index in [2.05, 4.69) is 15.3 Å². The van der Waals surface area contributed by atoms with Crippen LogP contribution in [0.1, 0.15) is 42.9 Å². The number of piperidine rings is 1. The molecule has 0 radical (unpaired) electrons. The maximum Gasteiger partial charge on any atom is 0.184 e. The highest BCUT2D eigenvalue weighted by atomic mass is 16.1. The lowest BCUT2D eigenvalue weighted by Crippen LogP contribution is -2.32. The number of aryl methyl sites for hydroxylation is 1. The summed E-state index contributed by atoms with van der Waals surface area (Å²) >= 11 is 0. The van der Waals surface area contributed by atoms with Crippen molar-refractivity contribution in [2.75, 3.05) is 13.1 Å². The molecule has 2 aromatic rings. The topological polar surface area (TPSA) is 54.9 Å². The Balaban J connectivity index is 0.000000774. The summed E-state index contributed by atoms with van der Waals surface area (Å²) in [5.41, 5.74) is 2.36. The van der Waals surface area contributed by atoms with Gasteiger partial charge in [0.1, 0.15) is 5.69 Å². The Bertz CT molecular complexity index is 618. The molecule has 0 amide bonds. The number of hydrogen-bond acceptors (Lipinski definition) is 4. The minimum absolute atomic E-state index is 0.120. The van der Waals surface area contributed by atoms with E-state index in [0.29, 0.717) is 5.69 Å². The van der Waals surface area contributed by atoms with Gasteiger partial charge in [0.05, 0.1) is 5.52 Å². The monoisotopic (exact) mass is 285 g/mol. The maximum absolute atomic E-state index is 12.4. The molecular weight excluding hydrogens is 262 g/mol. The van der Waals surface area contributed by atoms with E-state index in [4.69, 9.17) is 0 Å². The second-order valence-corrected chi connectivity index (χ2v) is 5.10. The number of carbonyl (C=O) groups is 1. The first-order valence-corrected chi connectivity index (χ1v) is 7.72. The molecule has 0 bridgehead atoms. The molecule has 1 fully saturated rings. The fourth-order valence-electron chi connectivity index (χ4n) is 2.55. The van der Waals surface area contributed by atoms with Crippen LogP contribution in [0.3, 0.4) is 0 Å². The van der Waals surface area contributed by atoms with Crippen LogP contribution in [0.2, 0.25) is 0 Å². The number of fused-ring (bicyclic) bond motifs is 1. The molecule has 0 unspecified atom stereocenters.